The van der Waals surface area contributed by atoms with E-state index in [9.17, 15) is 0 Å². The van der Waals surface area contributed by atoms with Gasteiger partial charge in [0.05, 0.1) is 9.13 Å². The molecule has 1 aromatic rings. The van der Waals surface area contributed by atoms with Crippen LogP contribution in [0.15, 0.2) is 29.3 Å². The summed E-state index contributed by atoms with van der Waals surface area (Å²) in [6.07, 6.45) is 1.91. The number of benzene rings is 1. The van der Waals surface area contributed by atoms with Crippen LogP contribution in [0.3, 0.4) is 0 Å². The lowest BCUT2D eigenvalue weighted by atomic mass is 10.3. The molecule has 1 aliphatic rings. The molecule has 1 radical (unpaired) electrons. The summed E-state index contributed by atoms with van der Waals surface area (Å²) in [4.78, 5) is 5.48. The van der Waals surface area contributed by atoms with E-state index in [1.807, 2.05) is 18.1 Å². The Balaban J connectivity index is 2.92. The van der Waals surface area contributed by atoms with Crippen LogP contribution in [0, 0.1) is 4.81 Å². The third-order valence-corrected chi connectivity index (χ3v) is 2.51. The molecular weight excluding hydrogens is 138 g/mol. The number of fused-ring (bicyclic) bond motifs is 1. The van der Waals surface area contributed by atoms with Crippen molar-refractivity contribution >= 4 is 21.2 Å². The molecule has 0 bridgehead atoms. The average Bonchev–Trinajstić information content (AvgIpc) is 2.05. The van der Waals surface area contributed by atoms with Crippen molar-refractivity contribution in [2.45, 2.75) is 0 Å². The Hall–Kier alpha value is -1.02. The van der Waals surface area contributed by atoms with E-state index in [4.69, 9.17) is 0 Å². The van der Waals surface area contributed by atoms with E-state index in [0.29, 0.717) is 0 Å². The summed E-state index contributed by atoms with van der Waals surface area (Å²) >= 11 is 0. The van der Waals surface area contributed by atoms with Crippen molar-refractivity contribution in [3.63, 3.8) is 0 Å². The van der Waals surface area contributed by atoms with Gasteiger partial charge in [0, 0.05) is 12.0 Å². The first-order valence-electron chi connectivity index (χ1n) is 3.17. The Morgan fingerprint density at radius 1 is 1.20 bits per heavy atom. The van der Waals surface area contributed by atoms with Gasteiger partial charge in [0.2, 0.25) is 0 Å². The van der Waals surface area contributed by atoms with Crippen LogP contribution in [0.1, 0.15) is 0 Å². The van der Waals surface area contributed by atoms with Crippen LogP contribution in [0.5, 0.6) is 0 Å². The molecule has 1 heterocycles. The first kappa shape index (κ1) is 5.74. The van der Waals surface area contributed by atoms with Crippen molar-refractivity contribution in [2.24, 2.45) is 4.99 Å². The van der Waals surface area contributed by atoms with Crippen molar-refractivity contribution in [1.29, 1.82) is 0 Å². The van der Waals surface area contributed by atoms with Gasteiger partial charge in [0.25, 0.3) is 0 Å². The molecular formula is C8H6NSi. The maximum atomic E-state index is 4.08. The minimum atomic E-state index is 0.750. The Morgan fingerprint density at radius 2 is 2.10 bits per heavy atom. The molecule has 2 rings (SSSR count). The number of aliphatic imine (C=N–C) groups is 1. The van der Waals surface area contributed by atoms with Crippen molar-refractivity contribution in [1.82, 2.24) is 0 Å². The Morgan fingerprint density at radius 3 is 3.00 bits per heavy atom. The quantitative estimate of drug-likeness (QED) is 0.468. The summed E-state index contributed by atoms with van der Waals surface area (Å²) < 4.78 is 0. The lowest BCUT2D eigenvalue weighted by Crippen LogP contribution is -2.07. The van der Waals surface area contributed by atoms with Gasteiger partial charge in [-0.25, -0.2) is 0 Å². The highest BCUT2D eigenvalue weighted by molar-refractivity contribution is 6.61. The summed E-state index contributed by atoms with van der Waals surface area (Å²) in [6.45, 7) is 0. The smallest absolute Gasteiger partial charge is 0.0848 e. The fraction of sp³-hybridized carbons (Fsp3) is 0. The third kappa shape index (κ3) is 0.865. The van der Waals surface area contributed by atoms with Crippen molar-refractivity contribution in [3.8, 4) is 0 Å². The van der Waals surface area contributed by atoms with E-state index in [2.05, 4.69) is 23.2 Å². The highest BCUT2D eigenvalue weighted by Crippen LogP contribution is 1.82. The highest BCUT2D eigenvalue weighted by atomic mass is 28.2. The van der Waals surface area contributed by atoms with Gasteiger partial charge in [-0.1, -0.05) is 24.3 Å². The molecule has 1 aromatic carbocycles. The predicted octanol–water partition coefficient (Wildman–Crippen LogP) is 0.422. The van der Waals surface area contributed by atoms with Crippen LogP contribution in [0.4, 0.5) is 0 Å². The molecule has 0 aromatic heterocycles. The summed E-state index contributed by atoms with van der Waals surface area (Å²) in [5, 5.41) is 1.27. The van der Waals surface area contributed by atoms with Crippen LogP contribution in [0.2, 0.25) is 0 Å². The fourth-order valence-corrected chi connectivity index (χ4v) is 1.76. The standard InChI is InChI=1S/C8H6NSi/c1-2-4-8-7(3-1)5-9-6-10-8/h1-6H. The SMILES string of the molecule is C1=NC=c2ccccc2=[Si]1. The van der Waals surface area contributed by atoms with E-state index in [1.165, 1.54) is 10.0 Å². The molecule has 1 nitrogen and oxygen atoms in total. The van der Waals surface area contributed by atoms with Crippen LogP contribution >= 0.6 is 0 Å². The van der Waals surface area contributed by atoms with Gasteiger partial charge in [-0.3, -0.25) is 4.99 Å². The molecule has 0 saturated carbocycles. The third-order valence-electron chi connectivity index (χ3n) is 1.47. The molecule has 2 heteroatoms. The highest BCUT2D eigenvalue weighted by Gasteiger charge is 1.84. The van der Waals surface area contributed by atoms with E-state index < -0.39 is 0 Å². The molecule has 0 saturated heterocycles. The van der Waals surface area contributed by atoms with Crippen LogP contribution in [-0.4, -0.2) is 15.0 Å². The predicted molar refractivity (Wildman–Crippen MR) is 43.6 cm³/mol. The zero-order valence-electron chi connectivity index (χ0n) is 5.41. The molecule has 0 N–H and O–H groups in total. The molecule has 0 spiro atoms. The minimum absolute atomic E-state index is 0.750. The number of hydrogen-bond acceptors (Lipinski definition) is 1. The topological polar surface area (TPSA) is 12.4 Å². The van der Waals surface area contributed by atoms with Crippen LogP contribution in [0.25, 0.3) is 6.20 Å². The fourth-order valence-electron chi connectivity index (χ4n) is 0.965. The first-order chi connectivity index (χ1) is 4.97. The van der Waals surface area contributed by atoms with E-state index in [0.717, 1.165) is 9.13 Å². The lowest BCUT2D eigenvalue weighted by Gasteiger charge is -1.90. The molecule has 1 aliphatic heterocycles. The minimum Gasteiger partial charge on any atom is -0.269 e. The Labute approximate surface area is 61.2 Å². The van der Waals surface area contributed by atoms with E-state index in [-0.39, 0.29) is 0 Å². The largest absolute Gasteiger partial charge is 0.269 e. The van der Waals surface area contributed by atoms with Crippen molar-refractivity contribution in [2.75, 3.05) is 0 Å². The molecule has 10 heavy (non-hydrogen) atoms. The van der Waals surface area contributed by atoms with Gasteiger partial charge in [-0.2, -0.15) is 0 Å². The zero-order valence-corrected chi connectivity index (χ0v) is 6.41. The number of hydrogen-bond donors (Lipinski definition) is 0. The molecule has 0 aliphatic carbocycles. The molecule has 0 fully saturated rings. The summed E-state index contributed by atoms with van der Waals surface area (Å²) in [6, 6.07) is 8.35. The summed E-state index contributed by atoms with van der Waals surface area (Å²) in [5.74, 6) is 1.96. The molecule has 0 unspecified atom stereocenters. The van der Waals surface area contributed by atoms with Crippen molar-refractivity contribution < 1.29 is 0 Å². The zero-order chi connectivity index (χ0) is 6.81. The molecule has 0 amide bonds. The summed E-state index contributed by atoms with van der Waals surface area (Å²) in [5.41, 5.74) is 0. The second-order valence-electron chi connectivity index (χ2n) is 2.14. The second-order valence-corrected chi connectivity index (χ2v) is 3.22. The van der Waals surface area contributed by atoms with Crippen LogP contribution in [-0.2, 0) is 0 Å². The van der Waals surface area contributed by atoms with Gasteiger partial charge in [-0.05, 0) is 10.0 Å². The first-order valence-corrected chi connectivity index (χ1v) is 4.25. The molecule has 47 valence electrons. The van der Waals surface area contributed by atoms with E-state index >= 15 is 0 Å². The number of nitrogens with zero attached hydrogens (tertiary/aromatic N) is 1. The normalized spacial score (nSPS) is 13.2. The Bertz CT molecular complexity index is 341. The van der Waals surface area contributed by atoms with Gasteiger partial charge in [0.15, 0.2) is 0 Å². The monoisotopic (exact) mass is 144 g/mol. The van der Waals surface area contributed by atoms with Gasteiger partial charge in [-0.15, -0.1) is 0 Å². The Kier molecular flexibility index (Phi) is 1.32. The van der Waals surface area contributed by atoms with Crippen LogP contribution < -0.4 is 5.22 Å². The van der Waals surface area contributed by atoms with Gasteiger partial charge >= 0.3 is 0 Å². The maximum Gasteiger partial charge on any atom is 0.0848 e. The van der Waals surface area contributed by atoms with Gasteiger partial charge < -0.3 is 0 Å². The average molecular weight is 144 g/mol. The second kappa shape index (κ2) is 2.31. The number of rotatable bonds is 0. The molecule has 0 atom stereocenters. The maximum absolute atomic E-state index is 4.08. The van der Waals surface area contributed by atoms with Crippen molar-refractivity contribution in [3.05, 3.63) is 34.3 Å². The lowest BCUT2D eigenvalue weighted by molar-refractivity contribution is 1.53. The van der Waals surface area contributed by atoms with Gasteiger partial charge in [0.1, 0.15) is 0 Å². The summed E-state index contributed by atoms with van der Waals surface area (Å²) in [7, 11) is 0.750. The van der Waals surface area contributed by atoms with E-state index in [1.54, 1.807) is 0 Å².